The number of Topliss-reactive ketones (excluding diaryl/α,β-unsaturated/α-hetero) is 1. The predicted octanol–water partition coefficient (Wildman–Crippen LogP) is 3.28. The quantitative estimate of drug-likeness (QED) is 0.677. The number of carbonyl (C=O) groups excluding carboxylic acids is 1. The van der Waals surface area contributed by atoms with E-state index in [0.29, 0.717) is 5.78 Å². The van der Waals surface area contributed by atoms with Gasteiger partial charge in [0.1, 0.15) is 5.78 Å². The summed E-state index contributed by atoms with van der Waals surface area (Å²) in [5.41, 5.74) is 0. The highest BCUT2D eigenvalue weighted by Gasteiger charge is 2.18. The molecule has 0 bridgehead atoms. The van der Waals surface area contributed by atoms with Gasteiger partial charge in [-0.3, -0.25) is 4.79 Å². The number of ketones is 1. The molecule has 1 saturated carbocycles. The maximum absolute atomic E-state index is 11.5. The van der Waals surface area contributed by atoms with Crippen LogP contribution in [0, 0.1) is 5.92 Å². The van der Waals surface area contributed by atoms with Crippen molar-refractivity contribution < 1.29 is 4.79 Å². The first-order valence-corrected chi connectivity index (χ1v) is 6.43. The second kappa shape index (κ2) is 5.69. The van der Waals surface area contributed by atoms with Crippen LogP contribution in [0.4, 0.5) is 0 Å². The summed E-state index contributed by atoms with van der Waals surface area (Å²) in [5.74, 6) is 1.47. The van der Waals surface area contributed by atoms with E-state index in [1.165, 1.54) is 25.7 Å². The zero-order valence-corrected chi connectivity index (χ0v) is 9.53. The van der Waals surface area contributed by atoms with Crippen LogP contribution in [0.3, 0.4) is 0 Å². The summed E-state index contributed by atoms with van der Waals surface area (Å²) in [6.07, 6.45) is 6.39. The molecular weight excluding hydrogens is 180 g/mol. The summed E-state index contributed by atoms with van der Waals surface area (Å²) >= 11 is 1.89. The lowest BCUT2D eigenvalue weighted by Gasteiger charge is -2.10. The summed E-state index contributed by atoms with van der Waals surface area (Å²) in [6, 6.07) is 0. The molecule has 1 unspecified atom stereocenters. The van der Waals surface area contributed by atoms with E-state index in [0.717, 1.165) is 17.4 Å². The van der Waals surface area contributed by atoms with Gasteiger partial charge in [-0.05, 0) is 19.3 Å². The molecule has 1 fully saturated rings. The molecule has 1 atom stereocenters. The standard InChI is InChI=1S/C11H20OS/c1-3-9(2)11(12)8-13-10-6-4-5-7-10/h9-10H,3-8H2,1-2H3. The molecule has 0 aromatic rings. The molecule has 0 N–H and O–H groups in total. The van der Waals surface area contributed by atoms with Crippen molar-refractivity contribution in [2.45, 2.75) is 51.2 Å². The van der Waals surface area contributed by atoms with E-state index in [1.54, 1.807) is 0 Å². The average Bonchev–Trinajstić information content (AvgIpc) is 2.65. The van der Waals surface area contributed by atoms with Crippen LogP contribution in [-0.4, -0.2) is 16.8 Å². The Morgan fingerprint density at radius 2 is 2.08 bits per heavy atom. The molecule has 0 spiro atoms. The van der Waals surface area contributed by atoms with Gasteiger partial charge in [0.05, 0.1) is 5.75 Å². The van der Waals surface area contributed by atoms with Crippen molar-refractivity contribution in [2.24, 2.45) is 5.92 Å². The molecule has 1 aliphatic carbocycles. The van der Waals surface area contributed by atoms with Crippen molar-refractivity contribution in [1.29, 1.82) is 0 Å². The first-order valence-electron chi connectivity index (χ1n) is 5.38. The van der Waals surface area contributed by atoms with Gasteiger partial charge >= 0.3 is 0 Å². The molecule has 1 aliphatic rings. The van der Waals surface area contributed by atoms with Crippen LogP contribution < -0.4 is 0 Å². The molecule has 13 heavy (non-hydrogen) atoms. The Balaban J connectivity index is 2.13. The minimum absolute atomic E-state index is 0.272. The van der Waals surface area contributed by atoms with Crippen molar-refractivity contribution in [3.8, 4) is 0 Å². The Morgan fingerprint density at radius 1 is 1.46 bits per heavy atom. The molecule has 1 rings (SSSR count). The maximum atomic E-state index is 11.5. The SMILES string of the molecule is CCC(C)C(=O)CSC1CCCC1. The molecule has 76 valence electrons. The monoisotopic (exact) mass is 200 g/mol. The van der Waals surface area contributed by atoms with Crippen LogP contribution in [0.15, 0.2) is 0 Å². The second-order valence-electron chi connectivity index (χ2n) is 3.99. The molecule has 0 aromatic heterocycles. The van der Waals surface area contributed by atoms with Crippen LogP contribution in [0.2, 0.25) is 0 Å². The summed E-state index contributed by atoms with van der Waals surface area (Å²) in [6.45, 7) is 4.13. The smallest absolute Gasteiger partial charge is 0.145 e. The van der Waals surface area contributed by atoms with E-state index < -0.39 is 0 Å². The average molecular weight is 200 g/mol. The van der Waals surface area contributed by atoms with Gasteiger partial charge in [0, 0.05) is 11.2 Å². The van der Waals surface area contributed by atoms with Crippen molar-refractivity contribution in [1.82, 2.24) is 0 Å². The number of thioether (sulfide) groups is 1. The molecule has 2 heteroatoms. The Bertz CT molecular complexity index is 161. The van der Waals surface area contributed by atoms with E-state index in [-0.39, 0.29) is 5.92 Å². The lowest BCUT2D eigenvalue weighted by molar-refractivity contribution is -0.119. The van der Waals surface area contributed by atoms with Gasteiger partial charge in [-0.15, -0.1) is 0 Å². The van der Waals surface area contributed by atoms with E-state index in [4.69, 9.17) is 0 Å². The Morgan fingerprint density at radius 3 is 2.62 bits per heavy atom. The highest BCUT2D eigenvalue weighted by molar-refractivity contribution is 8.00. The third kappa shape index (κ3) is 3.72. The zero-order chi connectivity index (χ0) is 9.68. The lowest BCUT2D eigenvalue weighted by Crippen LogP contribution is -2.14. The molecule has 0 aliphatic heterocycles. The highest BCUT2D eigenvalue weighted by Crippen LogP contribution is 2.29. The summed E-state index contributed by atoms with van der Waals surface area (Å²) in [7, 11) is 0. The maximum Gasteiger partial charge on any atom is 0.145 e. The van der Waals surface area contributed by atoms with Crippen molar-refractivity contribution in [3.63, 3.8) is 0 Å². The van der Waals surface area contributed by atoms with Crippen molar-refractivity contribution in [2.75, 3.05) is 5.75 Å². The number of carbonyl (C=O) groups is 1. The van der Waals surface area contributed by atoms with E-state index in [1.807, 2.05) is 18.7 Å². The number of hydrogen-bond donors (Lipinski definition) is 0. The largest absolute Gasteiger partial charge is 0.298 e. The van der Waals surface area contributed by atoms with Gasteiger partial charge in [-0.25, -0.2) is 0 Å². The molecule has 0 heterocycles. The molecule has 0 saturated heterocycles. The topological polar surface area (TPSA) is 17.1 Å². The van der Waals surface area contributed by atoms with Gasteiger partial charge in [0.2, 0.25) is 0 Å². The molecule has 0 aromatic carbocycles. The number of rotatable bonds is 5. The summed E-state index contributed by atoms with van der Waals surface area (Å²) in [4.78, 5) is 11.5. The minimum atomic E-state index is 0.272. The Hall–Kier alpha value is 0.0200. The molecule has 0 radical (unpaired) electrons. The minimum Gasteiger partial charge on any atom is -0.298 e. The van der Waals surface area contributed by atoms with E-state index >= 15 is 0 Å². The second-order valence-corrected chi connectivity index (χ2v) is 5.28. The normalized spacial score (nSPS) is 20.5. The molecule has 0 amide bonds. The Kier molecular flexibility index (Phi) is 4.86. The van der Waals surface area contributed by atoms with Gasteiger partial charge in [0.25, 0.3) is 0 Å². The van der Waals surface area contributed by atoms with Gasteiger partial charge in [-0.2, -0.15) is 11.8 Å². The molecule has 1 nitrogen and oxygen atoms in total. The van der Waals surface area contributed by atoms with E-state index in [9.17, 15) is 4.79 Å². The van der Waals surface area contributed by atoms with E-state index in [2.05, 4.69) is 6.92 Å². The summed E-state index contributed by atoms with van der Waals surface area (Å²) < 4.78 is 0. The highest BCUT2D eigenvalue weighted by atomic mass is 32.2. The first-order chi connectivity index (χ1) is 6.24. The number of hydrogen-bond acceptors (Lipinski definition) is 2. The van der Waals surface area contributed by atoms with Crippen molar-refractivity contribution in [3.05, 3.63) is 0 Å². The summed E-state index contributed by atoms with van der Waals surface area (Å²) in [5, 5.41) is 0.785. The fourth-order valence-corrected chi connectivity index (χ4v) is 2.98. The lowest BCUT2D eigenvalue weighted by atomic mass is 10.1. The predicted molar refractivity (Wildman–Crippen MR) is 59.2 cm³/mol. The Labute approximate surface area is 85.7 Å². The van der Waals surface area contributed by atoms with Crippen LogP contribution >= 0.6 is 11.8 Å². The van der Waals surface area contributed by atoms with Crippen LogP contribution in [0.25, 0.3) is 0 Å². The van der Waals surface area contributed by atoms with Crippen LogP contribution in [0.5, 0.6) is 0 Å². The third-order valence-corrected chi connectivity index (χ3v) is 4.32. The molecular formula is C11H20OS. The van der Waals surface area contributed by atoms with Gasteiger partial charge < -0.3 is 0 Å². The van der Waals surface area contributed by atoms with Crippen molar-refractivity contribution >= 4 is 17.5 Å². The fraction of sp³-hybridized carbons (Fsp3) is 0.909. The van der Waals surface area contributed by atoms with Crippen LogP contribution in [-0.2, 0) is 4.79 Å². The van der Waals surface area contributed by atoms with Gasteiger partial charge in [-0.1, -0.05) is 26.7 Å². The fourth-order valence-electron chi connectivity index (χ4n) is 1.62. The first kappa shape index (κ1) is 11.1. The zero-order valence-electron chi connectivity index (χ0n) is 8.71. The van der Waals surface area contributed by atoms with Gasteiger partial charge in [0.15, 0.2) is 0 Å². The van der Waals surface area contributed by atoms with Crippen LogP contribution in [0.1, 0.15) is 46.0 Å². The third-order valence-electron chi connectivity index (χ3n) is 2.93.